The van der Waals surface area contributed by atoms with Crippen molar-refractivity contribution < 1.29 is 9.53 Å². The van der Waals surface area contributed by atoms with E-state index in [1.54, 1.807) is 0 Å². The van der Waals surface area contributed by atoms with Crippen LogP contribution in [0.5, 0.6) is 5.75 Å². The smallest absolute Gasteiger partial charge is 0.257 e. The molecule has 2 aromatic rings. The van der Waals surface area contributed by atoms with Crippen molar-refractivity contribution >= 4 is 45.6 Å². The fraction of sp³-hybridized carbons (Fsp3) is 0.308. The number of carbonyl (C=O) groups is 1. The number of benzene rings is 1. The highest BCUT2D eigenvalue weighted by Crippen LogP contribution is 2.42. The van der Waals surface area contributed by atoms with Crippen LogP contribution in [-0.4, -0.2) is 23.2 Å². The first-order valence-corrected chi connectivity index (χ1v) is 7.83. The predicted molar refractivity (Wildman–Crippen MR) is 82.9 cm³/mol. The van der Waals surface area contributed by atoms with E-state index in [9.17, 15) is 4.79 Å². The lowest BCUT2D eigenvalue weighted by Crippen LogP contribution is -2.12. The molecule has 0 aliphatic heterocycles. The average Bonchev–Trinajstić information content (AvgIpc) is 3.19. The highest BCUT2D eigenvalue weighted by atomic mass is 35.5. The Balaban J connectivity index is 1.78. The number of halogens is 2. The molecule has 5 nitrogen and oxygen atoms in total. The van der Waals surface area contributed by atoms with E-state index in [1.807, 2.05) is 0 Å². The number of nitrogens with one attached hydrogen (secondary N) is 1. The summed E-state index contributed by atoms with van der Waals surface area (Å²) in [6.45, 7) is 0. The minimum Gasteiger partial charge on any atom is -0.494 e. The molecular weight excluding hydrogens is 333 g/mol. The van der Waals surface area contributed by atoms with E-state index in [4.69, 9.17) is 27.9 Å². The van der Waals surface area contributed by atoms with Crippen molar-refractivity contribution in [2.24, 2.45) is 0 Å². The number of hydrogen-bond acceptors (Lipinski definition) is 5. The SMILES string of the molecule is COc1c(Cl)cc(C(=O)Nc2nnc(C3CC3)s2)cc1Cl. The second kappa shape index (κ2) is 5.79. The molecule has 0 unspecified atom stereocenters. The molecular formula is C13H11Cl2N3O2S. The van der Waals surface area contributed by atoms with Gasteiger partial charge in [0.05, 0.1) is 17.2 Å². The molecule has 0 spiro atoms. The Kier molecular flexibility index (Phi) is 4.01. The monoisotopic (exact) mass is 343 g/mol. The van der Waals surface area contributed by atoms with E-state index < -0.39 is 0 Å². The Morgan fingerprint density at radius 3 is 2.57 bits per heavy atom. The number of amides is 1. The van der Waals surface area contributed by atoms with Crippen molar-refractivity contribution in [2.75, 3.05) is 12.4 Å². The Hall–Kier alpha value is -1.37. The van der Waals surface area contributed by atoms with E-state index in [2.05, 4.69) is 15.5 Å². The van der Waals surface area contributed by atoms with Crippen LogP contribution in [0.25, 0.3) is 0 Å². The summed E-state index contributed by atoms with van der Waals surface area (Å²) in [6.07, 6.45) is 2.29. The fourth-order valence-electron chi connectivity index (χ4n) is 1.84. The number of rotatable bonds is 4. The molecule has 0 saturated heterocycles. The van der Waals surface area contributed by atoms with Crippen LogP contribution in [0.15, 0.2) is 12.1 Å². The second-order valence-corrected chi connectivity index (χ2v) is 6.47. The Bertz CT molecular complexity index is 677. The number of anilines is 1. The zero-order chi connectivity index (χ0) is 15.0. The van der Waals surface area contributed by atoms with Crippen LogP contribution in [0.3, 0.4) is 0 Å². The minimum atomic E-state index is -0.333. The predicted octanol–water partition coefficient (Wildman–Crippen LogP) is 3.98. The maximum Gasteiger partial charge on any atom is 0.257 e. The van der Waals surface area contributed by atoms with E-state index >= 15 is 0 Å². The largest absolute Gasteiger partial charge is 0.494 e. The number of aromatic nitrogens is 2. The highest BCUT2D eigenvalue weighted by molar-refractivity contribution is 7.15. The van der Waals surface area contributed by atoms with Gasteiger partial charge in [-0.15, -0.1) is 10.2 Å². The Morgan fingerprint density at radius 1 is 1.33 bits per heavy atom. The van der Waals surface area contributed by atoms with Crippen LogP contribution in [0.1, 0.15) is 34.1 Å². The van der Waals surface area contributed by atoms with Crippen molar-refractivity contribution in [1.29, 1.82) is 0 Å². The lowest BCUT2D eigenvalue weighted by Gasteiger charge is -2.08. The average molecular weight is 344 g/mol. The van der Waals surface area contributed by atoms with Crippen LogP contribution < -0.4 is 10.1 Å². The van der Waals surface area contributed by atoms with E-state index in [-0.39, 0.29) is 16.0 Å². The molecule has 1 heterocycles. The number of ether oxygens (including phenoxy) is 1. The van der Waals surface area contributed by atoms with Crippen molar-refractivity contribution in [2.45, 2.75) is 18.8 Å². The van der Waals surface area contributed by atoms with Crippen molar-refractivity contribution in [3.05, 3.63) is 32.7 Å². The molecule has 8 heteroatoms. The quantitative estimate of drug-likeness (QED) is 0.911. The van der Waals surface area contributed by atoms with Crippen molar-refractivity contribution in [1.82, 2.24) is 10.2 Å². The maximum atomic E-state index is 12.2. The second-order valence-electron chi connectivity index (χ2n) is 4.65. The fourth-order valence-corrected chi connectivity index (χ4v) is 3.38. The summed E-state index contributed by atoms with van der Waals surface area (Å²) in [7, 11) is 1.47. The van der Waals surface area contributed by atoms with Crippen molar-refractivity contribution in [3.8, 4) is 5.75 Å². The Morgan fingerprint density at radius 2 is 2.00 bits per heavy atom. The summed E-state index contributed by atoms with van der Waals surface area (Å²) >= 11 is 13.4. The molecule has 1 amide bonds. The van der Waals surface area contributed by atoms with Crippen LogP contribution >= 0.6 is 34.5 Å². The van der Waals surface area contributed by atoms with Crippen LogP contribution in [0.2, 0.25) is 10.0 Å². The molecule has 110 valence electrons. The van der Waals surface area contributed by atoms with Gasteiger partial charge in [-0.25, -0.2) is 0 Å². The zero-order valence-corrected chi connectivity index (χ0v) is 13.3. The number of nitrogens with zero attached hydrogens (tertiary/aromatic N) is 2. The highest BCUT2D eigenvalue weighted by Gasteiger charge is 2.27. The molecule has 1 saturated carbocycles. The van der Waals surface area contributed by atoms with Gasteiger partial charge >= 0.3 is 0 Å². The third-order valence-electron chi connectivity index (χ3n) is 3.05. The van der Waals surface area contributed by atoms with Crippen molar-refractivity contribution in [3.63, 3.8) is 0 Å². The van der Waals surface area contributed by atoms with E-state index in [0.717, 1.165) is 17.8 Å². The van der Waals surface area contributed by atoms with Gasteiger partial charge in [-0.3, -0.25) is 10.1 Å². The number of carbonyl (C=O) groups excluding carboxylic acids is 1. The van der Waals surface area contributed by atoms with Gasteiger partial charge in [0.2, 0.25) is 5.13 Å². The first kappa shape index (κ1) is 14.6. The summed E-state index contributed by atoms with van der Waals surface area (Å²) in [5.41, 5.74) is 0.342. The van der Waals surface area contributed by atoms with Gasteiger partial charge in [-0.1, -0.05) is 34.5 Å². The van der Waals surface area contributed by atoms with Gasteiger partial charge in [0, 0.05) is 11.5 Å². The molecule has 1 aliphatic rings. The number of methoxy groups -OCH3 is 1. The van der Waals surface area contributed by atoms with Gasteiger partial charge in [0.1, 0.15) is 5.01 Å². The van der Waals surface area contributed by atoms with Gasteiger partial charge in [0.25, 0.3) is 5.91 Å². The summed E-state index contributed by atoms with van der Waals surface area (Å²) in [6, 6.07) is 3.01. The third kappa shape index (κ3) is 3.12. The van der Waals surface area contributed by atoms with Gasteiger partial charge in [-0.2, -0.15) is 0 Å². The van der Waals surface area contributed by atoms with Crippen LogP contribution in [0, 0.1) is 0 Å². The molecule has 1 fully saturated rings. The van der Waals surface area contributed by atoms with E-state index in [0.29, 0.717) is 22.4 Å². The molecule has 0 radical (unpaired) electrons. The standard InChI is InChI=1S/C13H11Cl2N3O2S/c1-20-10-8(14)4-7(5-9(10)15)11(19)16-13-18-17-12(21-13)6-2-3-6/h4-6H,2-3H2,1H3,(H,16,18,19). The van der Waals surface area contributed by atoms with E-state index in [1.165, 1.54) is 30.6 Å². The molecule has 1 N–H and O–H groups in total. The maximum absolute atomic E-state index is 12.2. The molecule has 0 bridgehead atoms. The van der Waals surface area contributed by atoms with Crippen LogP contribution in [0.4, 0.5) is 5.13 Å². The zero-order valence-electron chi connectivity index (χ0n) is 11.0. The first-order chi connectivity index (χ1) is 10.1. The molecule has 21 heavy (non-hydrogen) atoms. The lowest BCUT2D eigenvalue weighted by molar-refractivity contribution is 0.102. The summed E-state index contributed by atoms with van der Waals surface area (Å²) < 4.78 is 5.05. The summed E-state index contributed by atoms with van der Waals surface area (Å²) in [5, 5.41) is 12.7. The van der Waals surface area contributed by atoms with Gasteiger partial charge < -0.3 is 4.74 Å². The van der Waals surface area contributed by atoms with Gasteiger partial charge in [0.15, 0.2) is 5.75 Å². The number of hydrogen-bond donors (Lipinski definition) is 1. The van der Waals surface area contributed by atoms with Crippen LogP contribution in [-0.2, 0) is 0 Å². The molecule has 1 aromatic carbocycles. The molecule has 3 rings (SSSR count). The summed E-state index contributed by atoms with van der Waals surface area (Å²) in [4.78, 5) is 12.2. The molecule has 1 aromatic heterocycles. The summed E-state index contributed by atoms with van der Waals surface area (Å²) in [5.74, 6) is 0.528. The normalized spacial score (nSPS) is 14.0. The lowest BCUT2D eigenvalue weighted by atomic mass is 10.2. The third-order valence-corrected chi connectivity index (χ3v) is 4.61. The molecule has 0 atom stereocenters. The Labute approximate surface area is 135 Å². The molecule has 1 aliphatic carbocycles. The topological polar surface area (TPSA) is 64.1 Å². The van der Waals surface area contributed by atoms with Gasteiger partial charge in [-0.05, 0) is 25.0 Å². The first-order valence-electron chi connectivity index (χ1n) is 6.26. The minimum absolute atomic E-state index is 0.283.